The molecule has 0 saturated carbocycles. The summed E-state index contributed by atoms with van der Waals surface area (Å²) in [7, 11) is 3.57. The average molecular weight is 191 g/mol. The quantitative estimate of drug-likeness (QED) is 0.662. The molecule has 1 aliphatic rings. The average Bonchev–Trinajstić information content (AvgIpc) is 2.49. The van der Waals surface area contributed by atoms with Crippen molar-refractivity contribution in [3.63, 3.8) is 0 Å². The maximum absolute atomic E-state index is 13.2. The minimum Gasteiger partial charge on any atom is -0.380 e. The first-order valence-corrected chi connectivity index (χ1v) is 5.04. The summed E-state index contributed by atoms with van der Waals surface area (Å²) in [6, 6.07) is -0.0417. The number of rotatable bonds is 2. The van der Waals surface area contributed by atoms with Gasteiger partial charge in [0.1, 0.15) is 6.17 Å². The first kappa shape index (κ1) is 12.8. The van der Waals surface area contributed by atoms with Crippen LogP contribution in [0.4, 0.5) is 4.39 Å². The molecular formula is C10H22FNO. The summed E-state index contributed by atoms with van der Waals surface area (Å²) in [5.41, 5.74) is 0. The van der Waals surface area contributed by atoms with Crippen molar-refractivity contribution in [1.82, 2.24) is 4.90 Å². The summed E-state index contributed by atoms with van der Waals surface area (Å²) < 4.78 is 18.2. The topological polar surface area (TPSA) is 12.5 Å². The Bertz CT molecular complexity index is 122. The lowest BCUT2D eigenvalue weighted by atomic mass is 10.1. The number of ether oxygens (including phenoxy) is 1. The van der Waals surface area contributed by atoms with Gasteiger partial charge in [0.2, 0.25) is 0 Å². The molecule has 1 rings (SSSR count). The van der Waals surface area contributed by atoms with Gasteiger partial charge < -0.3 is 4.74 Å². The van der Waals surface area contributed by atoms with Gasteiger partial charge in [0.25, 0.3) is 0 Å². The van der Waals surface area contributed by atoms with Crippen LogP contribution in [-0.4, -0.2) is 43.9 Å². The van der Waals surface area contributed by atoms with Crippen LogP contribution in [0.5, 0.6) is 0 Å². The highest BCUT2D eigenvalue weighted by Crippen LogP contribution is 2.22. The van der Waals surface area contributed by atoms with Gasteiger partial charge >= 0.3 is 0 Å². The molecule has 1 saturated heterocycles. The Kier molecular flexibility index (Phi) is 6.25. The zero-order chi connectivity index (χ0) is 10.4. The van der Waals surface area contributed by atoms with E-state index in [-0.39, 0.29) is 12.1 Å². The third-order valence-electron chi connectivity index (χ3n) is 2.49. The van der Waals surface area contributed by atoms with E-state index < -0.39 is 6.17 Å². The standard InChI is InChI=1S/C8H16FNO.C2H6/c1-6(11-3)8-7(9)4-5-10(8)2;1-2/h6-8H,4-5H2,1-3H3;1-2H3/t6-,7-,8+;/m0./s1. The van der Waals surface area contributed by atoms with Crippen LogP contribution in [0.15, 0.2) is 0 Å². The van der Waals surface area contributed by atoms with Gasteiger partial charge in [-0.05, 0) is 20.4 Å². The Hall–Kier alpha value is -0.150. The molecule has 0 aromatic rings. The smallest absolute Gasteiger partial charge is 0.119 e. The first-order chi connectivity index (χ1) is 6.16. The lowest BCUT2D eigenvalue weighted by Gasteiger charge is -2.26. The maximum Gasteiger partial charge on any atom is 0.119 e. The number of likely N-dealkylation sites (tertiary alicyclic amines) is 1. The molecule has 1 aliphatic heterocycles. The van der Waals surface area contributed by atoms with Gasteiger partial charge in [0, 0.05) is 13.7 Å². The molecule has 80 valence electrons. The lowest BCUT2D eigenvalue weighted by Crippen LogP contribution is -2.40. The van der Waals surface area contributed by atoms with Crippen LogP contribution in [0.3, 0.4) is 0 Å². The Morgan fingerprint density at radius 1 is 1.46 bits per heavy atom. The molecule has 1 heterocycles. The number of methoxy groups -OCH3 is 1. The normalized spacial score (nSPS) is 30.9. The summed E-state index contributed by atoms with van der Waals surface area (Å²) in [5.74, 6) is 0. The number of halogens is 1. The third-order valence-corrected chi connectivity index (χ3v) is 2.49. The van der Waals surface area contributed by atoms with Crippen molar-refractivity contribution in [2.75, 3.05) is 20.7 Å². The summed E-state index contributed by atoms with van der Waals surface area (Å²) in [6.07, 6.45) is -0.0676. The number of nitrogens with zero attached hydrogens (tertiary/aromatic N) is 1. The van der Waals surface area contributed by atoms with Crippen molar-refractivity contribution in [3.8, 4) is 0 Å². The van der Waals surface area contributed by atoms with E-state index in [0.29, 0.717) is 6.42 Å². The second-order valence-electron chi connectivity index (χ2n) is 3.22. The van der Waals surface area contributed by atoms with Crippen molar-refractivity contribution in [3.05, 3.63) is 0 Å². The SMILES string of the molecule is CC.CO[C@@H](C)[C@@H]1[C@@H](F)CCN1C. The van der Waals surface area contributed by atoms with Crippen LogP contribution in [0, 0.1) is 0 Å². The molecule has 0 radical (unpaired) electrons. The molecule has 3 atom stereocenters. The molecule has 0 amide bonds. The van der Waals surface area contributed by atoms with E-state index in [0.717, 1.165) is 6.54 Å². The summed E-state index contributed by atoms with van der Waals surface area (Å²) in [4.78, 5) is 2.03. The van der Waals surface area contributed by atoms with E-state index in [9.17, 15) is 4.39 Å². The van der Waals surface area contributed by atoms with E-state index in [4.69, 9.17) is 4.74 Å². The van der Waals surface area contributed by atoms with Crippen molar-refractivity contribution in [2.24, 2.45) is 0 Å². The number of alkyl halides is 1. The molecule has 3 heteroatoms. The number of likely N-dealkylation sites (N-methyl/N-ethyl adjacent to an activating group) is 1. The second kappa shape index (κ2) is 6.33. The minimum absolute atomic E-state index is 0.00231. The highest BCUT2D eigenvalue weighted by atomic mass is 19.1. The molecular weight excluding hydrogens is 169 g/mol. The molecule has 0 N–H and O–H groups in total. The summed E-state index contributed by atoms with van der Waals surface area (Å²) in [5, 5.41) is 0. The maximum atomic E-state index is 13.2. The van der Waals surface area contributed by atoms with E-state index >= 15 is 0 Å². The molecule has 0 aromatic heterocycles. The predicted molar refractivity (Wildman–Crippen MR) is 53.8 cm³/mol. The molecule has 1 fully saturated rings. The van der Waals surface area contributed by atoms with Crippen LogP contribution in [-0.2, 0) is 4.74 Å². The van der Waals surface area contributed by atoms with Gasteiger partial charge in [-0.2, -0.15) is 0 Å². The molecule has 0 bridgehead atoms. The first-order valence-electron chi connectivity index (χ1n) is 5.04. The van der Waals surface area contributed by atoms with Gasteiger partial charge in [-0.1, -0.05) is 13.8 Å². The fraction of sp³-hybridized carbons (Fsp3) is 1.00. The summed E-state index contributed by atoms with van der Waals surface area (Å²) in [6.45, 7) is 6.76. The molecule has 13 heavy (non-hydrogen) atoms. The Morgan fingerprint density at radius 2 is 2.00 bits per heavy atom. The van der Waals surface area contributed by atoms with E-state index in [1.807, 2.05) is 32.7 Å². The predicted octanol–water partition coefficient (Wildman–Crippen LogP) is 2.09. The van der Waals surface area contributed by atoms with Gasteiger partial charge in [-0.3, -0.25) is 4.90 Å². The lowest BCUT2D eigenvalue weighted by molar-refractivity contribution is 0.0291. The molecule has 0 aliphatic carbocycles. The highest BCUT2D eigenvalue weighted by molar-refractivity contribution is 4.89. The fourth-order valence-electron chi connectivity index (χ4n) is 1.71. The number of hydrogen-bond acceptors (Lipinski definition) is 2. The van der Waals surface area contributed by atoms with Crippen molar-refractivity contribution >= 4 is 0 Å². The zero-order valence-electron chi connectivity index (χ0n) is 9.38. The highest BCUT2D eigenvalue weighted by Gasteiger charge is 2.35. The van der Waals surface area contributed by atoms with Crippen molar-refractivity contribution in [2.45, 2.75) is 45.5 Å². The molecule has 2 nitrogen and oxygen atoms in total. The Balaban J connectivity index is 0.000000671. The fourth-order valence-corrected chi connectivity index (χ4v) is 1.71. The zero-order valence-corrected chi connectivity index (χ0v) is 9.38. The van der Waals surface area contributed by atoms with Gasteiger partial charge in [-0.15, -0.1) is 0 Å². The molecule has 0 aromatic carbocycles. The van der Waals surface area contributed by atoms with Gasteiger partial charge in [0.05, 0.1) is 12.1 Å². The van der Waals surface area contributed by atoms with Crippen molar-refractivity contribution in [1.29, 1.82) is 0 Å². The Labute approximate surface area is 81.1 Å². The monoisotopic (exact) mass is 191 g/mol. The third kappa shape index (κ3) is 3.24. The Morgan fingerprint density at radius 3 is 2.31 bits per heavy atom. The van der Waals surface area contributed by atoms with E-state index in [2.05, 4.69) is 0 Å². The van der Waals surface area contributed by atoms with E-state index in [1.54, 1.807) is 7.11 Å². The molecule has 0 spiro atoms. The molecule has 0 unspecified atom stereocenters. The van der Waals surface area contributed by atoms with Gasteiger partial charge in [-0.25, -0.2) is 4.39 Å². The summed E-state index contributed by atoms with van der Waals surface area (Å²) >= 11 is 0. The van der Waals surface area contributed by atoms with Crippen molar-refractivity contribution < 1.29 is 9.13 Å². The van der Waals surface area contributed by atoms with E-state index in [1.165, 1.54) is 0 Å². The number of hydrogen-bond donors (Lipinski definition) is 0. The second-order valence-corrected chi connectivity index (χ2v) is 3.22. The van der Waals surface area contributed by atoms with Crippen LogP contribution in [0.2, 0.25) is 0 Å². The van der Waals surface area contributed by atoms with Gasteiger partial charge in [0.15, 0.2) is 0 Å². The van der Waals surface area contributed by atoms with Crippen LogP contribution in [0.1, 0.15) is 27.2 Å². The van der Waals surface area contributed by atoms with Crippen LogP contribution >= 0.6 is 0 Å². The minimum atomic E-state index is -0.713. The largest absolute Gasteiger partial charge is 0.380 e. The van der Waals surface area contributed by atoms with Crippen LogP contribution < -0.4 is 0 Å². The van der Waals surface area contributed by atoms with Crippen LogP contribution in [0.25, 0.3) is 0 Å².